The smallest absolute Gasteiger partial charge is 0.269 e. The molecule has 27 heavy (non-hydrogen) atoms. The van der Waals surface area contributed by atoms with E-state index < -0.39 is 4.92 Å². The average molecular weight is 392 g/mol. The monoisotopic (exact) mass is 392 g/mol. The fourth-order valence-electron chi connectivity index (χ4n) is 2.71. The highest BCUT2D eigenvalue weighted by molar-refractivity contribution is 8.04. The number of carbonyl (C=O) groups is 2. The van der Waals surface area contributed by atoms with Gasteiger partial charge in [-0.2, -0.15) is 0 Å². The number of benzene rings is 1. The fraction of sp³-hybridized carbons (Fsp3) is 0.474. The molecule has 0 spiro atoms. The third-order valence-corrected chi connectivity index (χ3v) is 5.05. The summed E-state index contributed by atoms with van der Waals surface area (Å²) in [5.41, 5.74) is 0.798. The topological polar surface area (TPSA) is 89.8 Å². The Morgan fingerprint density at radius 2 is 1.74 bits per heavy atom. The van der Waals surface area contributed by atoms with Gasteiger partial charge < -0.3 is 4.74 Å². The molecular formula is C19H24N2O5S. The lowest BCUT2D eigenvalue weighted by atomic mass is 10.1. The van der Waals surface area contributed by atoms with E-state index in [1.165, 1.54) is 40.9 Å². The van der Waals surface area contributed by atoms with Crippen molar-refractivity contribution in [3.8, 4) is 0 Å². The minimum atomic E-state index is -0.494. The number of rotatable bonds is 11. The molecule has 1 aliphatic heterocycles. The van der Waals surface area contributed by atoms with E-state index in [4.69, 9.17) is 4.74 Å². The molecular weight excluding hydrogens is 368 g/mol. The van der Waals surface area contributed by atoms with Gasteiger partial charge in [0, 0.05) is 31.9 Å². The summed E-state index contributed by atoms with van der Waals surface area (Å²) < 4.78 is 5.49. The zero-order valence-corrected chi connectivity index (χ0v) is 16.4. The van der Waals surface area contributed by atoms with Crippen molar-refractivity contribution in [3.05, 3.63) is 44.8 Å². The minimum absolute atomic E-state index is 0.0538. The van der Waals surface area contributed by atoms with E-state index in [0.29, 0.717) is 48.0 Å². The highest BCUT2D eigenvalue weighted by Gasteiger charge is 2.38. The zero-order valence-electron chi connectivity index (χ0n) is 15.6. The molecule has 8 heteroatoms. The van der Waals surface area contributed by atoms with E-state index >= 15 is 0 Å². The molecule has 2 rings (SSSR count). The number of amides is 2. The molecule has 0 fully saturated rings. The van der Waals surface area contributed by atoms with Crippen LogP contribution in [0.5, 0.6) is 0 Å². The first kappa shape index (κ1) is 21.1. The second-order valence-corrected chi connectivity index (χ2v) is 7.30. The maximum atomic E-state index is 12.8. The summed E-state index contributed by atoms with van der Waals surface area (Å²) in [6.45, 7) is 5.48. The highest BCUT2D eigenvalue weighted by atomic mass is 32.2. The number of nitro benzene ring substituents is 1. The van der Waals surface area contributed by atoms with E-state index in [-0.39, 0.29) is 17.5 Å². The van der Waals surface area contributed by atoms with Crippen LogP contribution in [0.3, 0.4) is 0 Å². The van der Waals surface area contributed by atoms with Crippen molar-refractivity contribution < 1.29 is 19.2 Å². The van der Waals surface area contributed by atoms with Crippen molar-refractivity contribution >= 4 is 34.8 Å². The highest BCUT2D eigenvalue weighted by Crippen LogP contribution is 2.36. The number of nitro groups is 1. The van der Waals surface area contributed by atoms with Crippen LogP contribution in [-0.2, 0) is 14.3 Å². The summed E-state index contributed by atoms with van der Waals surface area (Å²) >= 11 is 1.32. The summed E-state index contributed by atoms with van der Waals surface area (Å²) in [7, 11) is 0. The zero-order chi connectivity index (χ0) is 19.8. The Balaban J connectivity index is 2.13. The first-order valence-electron chi connectivity index (χ1n) is 9.07. The molecule has 0 bridgehead atoms. The summed E-state index contributed by atoms with van der Waals surface area (Å²) in [5.74, 6) is 0.00541. The number of unbranched alkanes of at least 4 members (excludes halogenated alkanes) is 1. The van der Waals surface area contributed by atoms with Gasteiger partial charge in [-0.15, -0.1) is 11.8 Å². The normalized spacial score (nSPS) is 14.4. The number of hydrogen-bond acceptors (Lipinski definition) is 6. The third-order valence-electron chi connectivity index (χ3n) is 4.09. The first-order valence-corrected chi connectivity index (χ1v) is 10.1. The predicted molar refractivity (Wildman–Crippen MR) is 105 cm³/mol. The lowest BCUT2D eigenvalue weighted by molar-refractivity contribution is -0.384. The SMILES string of the molecule is CCCCOCCCN1C(=O)C(SCC)=C(c2ccc([N+](=O)[O-])cc2)C1=O. The van der Waals surface area contributed by atoms with Gasteiger partial charge in [0.15, 0.2) is 0 Å². The van der Waals surface area contributed by atoms with E-state index in [2.05, 4.69) is 6.92 Å². The molecule has 1 aromatic carbocycles. The second-order valence-electron chi connectivity index (χ2n) is 6.02. The van der Waals surface area contributed by atoms with Gasteiger partial charge >= 0.3 is 0 Å². The van der Waals surface area contributed by atoms with E-state index in [0.717, 1.165) is 12.8 Å². The van der Waals surface area contributed by atoms with Crippen LogP contribution in [0.25, 0.3) is 5.57 Å². The molecule has 1 aliphatic rings. The molecule has 0 saturated carbocycles. The molecule has 0 aliphatic carbocycles. The number of nitrogens with zero attached hydrogens (tertiary/aromatic N) is 2. The van der Waals surface area contributed by atoms with Gasteiger partial charge in [0.05, 0.1) is 15.4 Å². The van der Waals surface area contributed by atoms with Crippen LogP contribution in [-0.4, -0.2) is 47.1 Å². The van der Waals surface area contributed by atoms with Crippen molar-refractivity contribution in [1.82, 2.24) is 4.90 Å². The second kappa shape index (κ2) is 10.2. The van der Waals surface area contributed by atoms with Crippen LogP contribution in [0, 0.1) is 10.1 Å². The number of imide groups is 1. The van der Waals surface area contributed by atoms with Crippen LogP contribution in [0.2, 0.25) is 0 Å². The summed E-state index contributed by atoms with van der Waals surface area (Å²) in [6.07, 6.45) is 2.63. The molecule has 1 aromatic rings. The van der Waals surface area contributed by atoms with Gasteiger partial charge in [0.25, 0.3) is 17.5 Å². The molecule has 146 valence electrons. The van der Waals surface area contributed by atoms with E-state index in [1.807, 2.05) is 6.92 Å². The van der Waals surface area contributed by atoms with Crippen LogP contribution in [0.15, 0.2) is 29.2 Å². The van der Waals surface area contributed by atoms with Crippen molar-refractivity contribution in [2.75, 3.05) is 25.5 Å². The van der Waals surface area contributed by atoms with Crippen LogP contribution in [0.4, 0.5) is 5.69 Å². The number of ether oxygens (including phenoxy) is 1. The van der Waals surface area contributed by atoms with Crippen LogP contribution >= 0.6 is 11.8 Å². The maximum absolute atomic E-state index is 12.8. The number of hydrogen-bond donors (Lipinski definition) is 0. The van der Waals surface area contributed by atoms with Crippen molar-refractivity contribution in [2.24, 2.45) is 0 Å². The Labute approximate surface area is 162 Å². The number of non-ortho nitro benzene ring substituents is 1. The average Bonchev–Trinajstić information content (AvgIpc) is 2.89. The molecule has 0 radical (unpaired) electrons. The third kappa shape index (κ3) is 5.17. The minimum Gasteiger partial charge on any atom is -0.381 e. The van der Waals surface area contributed by atoms with Gasteiger partial charge in [0.2, 0.25) is 0 Å². The number of thioether (sulfide) groups is 1. The van der Waals surface area contributed by atoms with Gasteiger partial charge in [0.1, 0.15) is 0 Å². The summed E-state index contributed by atoms with van der Waals surface area (Å²) in [5, 5.41) is 10.8. The Morgan fingerprint density at radius 1 is 1.07 bits per heavy atom. The quantitative estimate of drug-likeness (QED) is 0.247. The number of carbonyl (C=O) groups excluding carboxylic acids is 2. The van der Waals surface area contributed by atoms with E-state index in [1.54, 1.807) is 0 Å². The van der Waals surface area contributed by atoms with E-state index in [9.17, 15) is 19.7 Å². The van der Waals surface area contributed by atoms with Gasteiger partial charge in [-0.25, -0.2) is 0 Å². The van der Waals surface area contributed by atoms with Crippen molar-refractivity contribution in [3.63, 3.8) is 0 Å². The first-order chi connectivity index (χ1) is 13.0. The van der Waals surface area contributed by atoms with Crippen molar-refractivity contribution in [1.29, 1.82) is 0 Å². The maximum Gasteiger partial charge on any atom is 0.269 e. The van der Waals surface area contributed by atoms with Crippen LogP contribution < -0.4 is 0 Å². The molecule has 7 nitrogen and oxygen atoms in total. The van der Waals surface area contributed by atoms with Gasteiger partial charge in [-0.05, 0) is 36.3 Å². The largest absolute Gasteiger partial charge is 0.381 e. The molecule has 0 aromatic heterocycles. The molecule has 0 atom stereocenters. The van der Waals surface area contributed by atoms with Crippen molar-refractivity contribution in [2.45, 2.75) is 33.1 Å². The Morgan fingerprint density at radius 3 is 2.33 bits per heavy atom. The lowest BCUT2D eigenvalue weighted by Gasteiger charge is -2.15. The molecule has 0 unspecified atom stereocenters. The summed E-state index contributed by atoms with van der Waals surface area (Å²) in [6, 6.07) is 5.73. The summed E-state index contributed by atoms with van der Waals surface area (Å²) in [4.78, 5) is 37.5. The van der Waals surface area contributed by atoms with Crippen LogP contribution in [0.1, 0.15) is 38.7 Å². The Bertz CT molecular complexity index is 730. The lowest BCUT2D eigenvalue weighted by Crippen LogP contribution is -2.33. The van der Waals surface area contributed by atoms with Gasteiger partial charge in [-0.3, -0.25) is 24.6 Å². The molecule has 0 N–H and O–H groups in total. The Kier molecular flexibility index (Phi) is 7.99. The molecule has 0 saturated heterocycles. The van der Waals surface area contributed by atoms with Gasteiger partial charge in [-0.1, -0.05) is 20.3 Å². The fourth-order valence-corrected chi connectivity index (χ4v) is 3.58. The molecule has 2 amide bonds. The standard InChI is InChI=1S/C19H24N2O5S/c1-3-5-12-26-13-6-11-20-18(22)16(17(19(20)23)27-4-2)14-7-9-15(10-8-14)21(24)25/h7-10H,3-6,11-13H2,1-2H3. The predicted octanol–water partition coefficient (Wildman–Crippen LogP) is 3.63. The Hall–Kier alpha value is -2.19. The molecule has 1 heterocycles.